The fourth-order valence-electron chi connectivity index (χ4n) is 1.27. The molecule has 0 heterocycles. The van der Waals surface area contributed by atoms with Crippen LogP contribution in [0.5, 0.6) is 5.75 Å². The average molecular weight is 273 g/mol. The van der Waals surface area contributed by atoms with Gasteiger partial charge in [-0.1, -0.05) is 0 Å². The van der Waals surface area contributed by atoms with Crippen LogP contribution >= 0.6 is 0 Å². The summed E-state index contributed by atoms with van der Waals surface area (Å²) in [5, 5.41) is 9.07. The third kappa shape index (κ3) is 2.66. The van der Waals surface area contributed by atoms with E-state index in [1.165, 1.54) is 0 Å². The molecule has 0 aliphatic heterocycles. The number of carbonyl (C=O) groups excluding carboxylic acids is 1. The number of rotatable bonds is 1. The number of halogens is 6. The van der Waals surface area contributed by atoms with Crippen LogP contribution in [0.2, 0.25) is 0 Å². The Kier molecular flexibility index (Phi) is 3.20. The molecule has 0 bridgehead atoms. The summed E-state index contributed by atoms with van der Waals surface area (Å²) in [6.45, 7) is 0. The van der Waals surface area contributed by atoms with Crippen molar-refractivity contribution in [3.05, 3.63) is 28.8 Å². The Labute approximate surface area is 95.8 Å². The van der Waals surface area contributed by atoms with Crippen LogP contribution in [0, 0.1) is 0 Å². The van der Waals surface area contributed by atoms with Crippen molar-refractivity contribution < 1.29 is 36.2 Å². The highest BCUT2D eigenvalue weighted by Gasteiger charge is 2.40. The highest BCUT2D eigenvalue weighted by Crippen LogP contribution is 2.40. The second kappa shape index (κ2) is 4.07. The van der Waals surface area contributed by atoms with E-state index < -0.39 is 40.7 Å². The lowest BCUT2D eigenvalue weighted by Gasteiger charge is -2.15. The molecule has 0 saturated carbocycles. The Morgan fingerprint density at radius 3 is 1.89 bits per heavy atom. The lowest BCUT2D eigenvalue weighted by molar-refractivity contribution is -0.143. The molecule has 1 aromatic rings. The monoisotopic (exact) mass is 273 g/mol. The second-order valence-corrected chi connectivity index (χ2v) is 3.28. The first-order valence-electron chi connectivity index (χ1n) is 4.26. The number of hydrogen-bond donors (Lipinski definition) is 2. The number of hydrogen-bond acceptors (Lipinski definition) is 2. The van der Waals surface area contributed by atoms with Crippen LogP contribution in [0.15, 0.2) is 12.1 Å². The largest absolute Gasteiger partial charge is 0.507 e. The van der Waals surface area contributed by atoms with Gasteiger partial charge in [0.25, 0.3) is 5.91 Å². The lowest BCUT2D eigenvalue weighted by Crippen LogP contribution is -2.20. The summed E-state index contributed by atoms with van der Waals surface area (Å²) >= 11 is 0. The predicted octanol–water partition coefficient (Wildman–Crippen LogP) is 2.53. The average Bonchev–Trinajstić information content (AvgIpc) is 2.12. The minimum Gasteiger partial charge on any atom is -0.507 e. The van der Waals surface area contributed by atoms with Crippen molar-refractivity contribution in [1.82, 2.24) is 0 Å². The summed E-state index contributed by atoms with van der Waals surface area (Å²) in [6, 6.07) is -0.269. The topological polar surface area (TPSA) is 63.3 Å². The van der Waals surface area contributed by atoms with Crippen molar-refractivity contribution in [3.63, 3.8) is 0 Å². The van der Waals surface area contributed by atoms with Gasteiger partial charge in [0.15, 0.2) is 0 Å². The molecule has 0 spiro atoms. The Morgan fingerprint density at radius 2 is 1.56 bits per heavy atom. The van der Waals surface area contributed by atoms with E-state index in [9.17, 15) is 31.1 Å². The number of amides is 1. The van der Waals surface area contributed by atoms with E-state index in [1.807, 2.05) is 0 Å². The summed E-state index contributed by atoms with van der Waals surface area (Å²) in [4.78, 5) is 10.7. The van der Waals surface area contributed by atoms with Gasteiger partial charge in [0, 0.05) is 0 Å². The SMILES string of the molecule is NC(=O)c1c(O)cc(C(F)(F)F)cc1C(F)(F)F. The first-order chi connectivity index (χ1) is 7.94. The first kappa shape index (κ1) is 14.1. The van der Waals surface area contributed by atoms with Gasteiger partial charge in [-0.15, -0.1) is 0 Å². The van der Waals surface area contributed by atoms with Crippen molar-refractivity contribution >= 4 is 5.91 Å². The molecule has 0 saturated heterocycles. The van der Waals surface area contributed by atoms with E-state index in [1.54, 1.807) is 0 Å². The minimum atomic E-state index is -5.25. The van der Waals surface area contributed by atoms with Gasteiger partial charge in [-0.2, -0.15) is 26.3 Å². The van der Waals surface area contributed by atoms with Gasteiger partial charge in [-0.05, 0) is 12.1 Å². The van der Waals surface area contributed by atoms with Gasteiger partial charge in [0.05, 0.1) is 16.7 Å². The molecule has 0 atom stereocenters. The van der Waals surface area contributed by atoms with E-state index in [4.69, 9.17) is 5.11 Å². The Bertz CT molecular complexity index is 491. The van der Waals surface area contributed by atoms with Crippen molar-refractivity contribution in [2.45, 2.75) is 12.4 Å². The van der Waals surface area contributed by atoms with Crippen LogP contribution < -0.4 is 5.73 Å². The zero-order valence-corrected chi connectivity index (χ0v) is 8.36. The van der Waals surface area contributed by atoms with Crippen molar-refractivity contribution in [2.24, 2.45) is 5.73 Å². The van der Waals surface area contributed by atoms with E-state index in [-0.39, 0.29) is 12.1 Å². The maximum Gasteiger partial charge on any atom is 0.417 e. The number of alkyl halides is 6. The summed E-state index contributed by atoms with van der Waals surface area (Å²) in [5.41, 5.74) is -0.455. The molecule has 100 valence electrons. The number of nitrogens with two attached hydrogens (primary N) is 1. The first-order valence-corrected chi connectivity index (χ1v) is 4.26. The minimum absolute atomic E-state index is 0.00926. The summed E-state index contributed by atoms with van der Waals surface area (Å²) < 4.78 is 74.2. The number of aromatic hydroxyl groups is 1. The van der Waals surface area contributed by atoms with E-state index in [2.05, 4.69) is 5.73 Å². The molecular formula is C9H5F6NO2. The Morgan fingerprint density at radius 1 is 1.06 bits per heavy atom. The van der Waals surface area contributed by atoms with E-state index in [0.29, 0.717) is 0 Å². The number of primary amides is 1. The number of phenols is 1. The molecule has 0 aliphatic carbocycles. The quantitative estimate of drug-likeness (QED) is 0.772. The molecule has 0 aromatic heterocycles. The van der Waals surface area contributed by atoms with Crippen LogP contribution in [-0.4, -0.2) is 11.0 Å². The molecule has 18 heavy (non-hydrogen) atoms. The Balaban J connectivity index is 3.64. The fourth-order valence-corrected chi connectivity index (χ4v) is 1.27. The standard InChI is InChI=1S/C9H5F6NO2/c10-8(11,12)3-1-4(9(13,14)15)6(7(16)18)5(17)2-3/h1-2,17H,(H2,16,18). The molecule has 3 N–H and O–H groups in total. The normalized spacial score (nSPS) is 12.6. The molecule has 0 radical (unpaired) electrons. The van der Waals surface area contributed by atoms with E-state index >= 15 is 0 Å². The van der Waals surface area contributed by atoms with Crippen LogP contribution in [0.3, 0.4) is 0 Å². The molecule has 0 fully saturated rings. The summed E-state index contributed by atoms with van der Waals surface area (Å²) in [6.07, 6.45) is -10.3. The molecule has 1 rings (SSSR count). The number of carbonyl (C=O) groups is 1. The molecule has 1 aromatic carbocycles. The zero-order chi connectivity index (χ0) is 14.3. The number of benzene rings is 1. The van der Waals surface area contributed by atoms with Crippen LogP contribution in [0.25, 0.3) is 0 Å². The highest BCUT2D eigenvalue weighted by atomic mass is 19.4. The predicted molar refractivity (Wildman–Crippen MR) is 46.6 cm³/mol. The van der Waals surface area contributed by atoms with Gasteiger partial charge >= 0.3 is 12.4 Å². The maximum atomic E-state index is 12.5. The van der Waals surface area contributed by atoms with Crippen LogP contribution in [-0.2, 0) is 12.4 Å². The smallest absolute Gasteiger partial charge is 0.417 e. The third-order valence-electron chi connectivity index (χ3n) is 2.00. The molecule has 9 heteroatoms. The maximum absolute atomic E-state index is 12.5. The van der Waals surface area contributed by atoms with Crippen molar-refractivity contribution in [1.29, 1.82) is 0 Å². The third-order valence-corrected chi connectivity index (χ3v) is 2.00. The Hall–Kier alpha value is -1.93. The second-order valence-electron chi connectivity index (χ2n) is 3.28. The fraction of sp³-hybridized carbons (Fsp3) is 0.222. The molecule has 0 unspecified atom stereocenters. The van der Waals surface area contributed by atoms with E-state index in [0.717, 1.165) is 0 Å². The lowest BCUT2D eigenvalue weighted by atomic mass is 10.0. The van der Waals surface area contributed by atoms with Crippen molar-refractivity contribution in [2.75, 3.05) is 0 Å². The van der Waals surface area contributed by atoms with Gasteiger partial charge < -0.3 is 10.8 Å². The van der Waals surface area contributed by atoms with Gasteiger partial charge in [0.2, 0.25) is 0 Å². The van der Waals surface area contributed by atoms with Crippen molar-refractivity contribution in [3.8, 4) is 5.75 Å². The summed E-state index contributed by atoms with van der Waals surface area (Å²) in [5.74, 6) is -3.14. The van der Waals surface area contributed by atoms with Gasteiger partial charge in [-0.3, -0.25) is 4.79 Å². The van der Waals surface area contributed by atoms with Crippen LogP contribution in [0.1, 0.15) is 21.5 Å². The van der Waals surface area contributed by atoms with Crippen LogP contribution in [0.4, 0.5) is 26.3 Å². The zero-order valence-electron chi connectivity index (χ0n) is 8.36. The highest BCUT2D eigenvalue weighted by molar-refractivity contribution is 5.97. The molecular weight excluding hydrogens is 268 g/mol. The van der Waals surface area contributed by atoms with Gasteiger partial charge in [0.1, 0.15) is 5.75 Å². The molecule has 0 aliphatic rings. The summed E-state index contributed by atoms with van der Waals surface area (Å²) in [7, 11) is 0. The molecule has 1 amide bonds. The molecule has 3 nitrogen and oxygen atoms in total. The van der Waals surface area contributed by atoms with Gasteiger partial charge in [-0.25, -0.2) is 0 Å².